The predicted molar refractivity (Wildman–Crippen MR) is 117 cm³/mol. The summed E-state index contributed by atoms with van der Waals surface area (Å²) in [4.78, 5) is 15.1. The maximum absolute atomic E-state index is 13.8. The molecule has 0 aliphatic rings. The van der Waals surface area contributed by atoms with Gasteiger partial charge in [0.25, 0.3) is 5.91 Å². The lowest BCUT2D eigenvalue weighted by Gasteiger charge is -2.24. The summed E-state index contributed by atoms with van der Waals surface area (Å²) in [6.07, 6.45) is 0. The number of hydrogen-bond acceptors (Lipinski definition) is 5. The average Bonchev–Trinajstić information content (AvgIpc) is 2.82. The first-order chi connectivity index (χ1) is 15.5. The largest absolute Gasteiger partial charge is 0.493 e. The average molecular weight is 434 g/mol. The second-order valence-corrected chi connectivity index (χ2v) is 7.01. The minimum atomic E-state index is -0.374. The fourth-order valence-corrected chi connectivity index (χ4v) is 3.35. The van der Waals surface area contributed by atoms with E-state index in [9.17, 15) is 9.18 Å². The Kier molecular flexibility index (Phi) is 7.29. The van der Waals surface area contributed by atoms with Crippen molar-refractivity contribution >= 4 is 5.91 Å². The van der Waals surface area contributed by atoms with Crippen molar-refractivity contribution in [1.82, 2.24) is 4.90 Å². The summed E-state index contributed by atoms with van der Waals surface area (Å²) in [6.45, 7) is 0.449. The molecule has 164 valence electrons. The summed E-state index contributed by atoms with van der Waals surface area (Å²) < 4.78 is 29.8. The summed E-state index contributed by atoms with van der Waals surface area (Å²) in [7, 11) is 4.45. The summed E-state index contributed by atoms with van der Waals surface area (Å²) in [5, 5.41) is 9.03. The summed E-state index contributed by atoms with van der Waals surface area (Å²) in [5.41, 5.74) is 2.35. The van der Waals surface area contributed by atoms with Gasteiger partial charge in [0.2, 0.25) is 5.75 Å². The Hall–Kier alpha value is -4.05. The van der Waals surface area contributed by atoms with Crippen LogP contribution in [0.25, 0.3) is 0 Å². The van der Waals surface area contributed by atoms with E-state index in [1.54, 1.807) is 53.4 Å². The fourth-order valence-electron chi connectivity index (χ4n) is 3.35. The van der Waals surface area contributed by atoms with Gasteiger partial charge < -0.3 is 19.1 Å². The summed E-state index contributed by atoms with van der Waals surface area (Å²) in [6, 6.07) is 18.3. The van der Waals surface area contributed by atoms with Crippen molar-refractivity contribution in [3.05, 3.63) is 88.7 Å². The zero-order valence-corrected chi connectivity index (χ0v) is 18.1. The second-order valence-electron chi connectivity index (χ2n) is 7.01. The molecule has 0 fully saturated rings. The molecule has 0 unspecified atom stereocenters. The van der Waals surface area contributed by atoms with Crippen LogP contribution in [0.3, 0.4) is 0 Å². The molecular formula is C25H23FN2O4. The first-order valence-corrected chi connectivity index (χ1v) is 9.81. The molecule has 1 amide bonds. The Morgan fingerprint density at radius 3 is 2.06 bits per heavy atom. The van der Waals surface area contributed by atoms with Gasteiger partial charge in [-0.15, -0.1) is 0 Å². The number of amides is 1. The van der Waals surface area contributed by atoms with Crippen LogP contribution in [-0.2, 0) is 13.1 Å². The Morgan fingerprint density at radius 1 is 0.906 bits per heavy atom. The standard InChI is InChI=1S/C25H23FN2O4/c1-30-22-12-20(13-23(31-2)24(22)32-3)25(29)28(16-19-5-4-6-21(26)11-19)15-18-9-7-17(14-27)8-10-18/h4-13H,15-16H2,1-3H3. The van der Waals surface area contributed by atoms with Crippen LogP contribution >= 0.6 is 0 Å². The number of halogens is 1. The van der Waals surface area contributed by atoms with E-state index in [-0.39, 0.29) is 24.8 Å². The van der Waals surface area contributed by atoms with E-state index in [1.165, 1.54) is 33.5 Å². The highest BCUT2D eigenvalue weighted by atomic mass is 19.1. The quantitative estimate of drug-likeness (QED) is 0.520. The van der Waals surface area contributed by atoms with Gasteiger partial charge in [-0.2, -0.15) is 5.26 Å². The molecule has 3 aromatic carbocycles. The van der Waals surface area contributed by atoms with E-state index in [4.69, 9.17) is 19.5 Å². The number of hydrogen-bond donors (Lipinski definition) is 0. The summed E-state index contributed by atoms with van der Waals surface area (Å²) in [5.74, 6) is 0.438. The summed E-state index contributed by atoms with van der Waals surface area (Å²) >= 11 is 0. The maximum Gasteiger partial charge on any atom is 0.254 e. The van der Waals surface area contributed by atoms with E-state index in [0.717, 1.165) is 5.56 Å². The molecule has 0 bridgehead atoms. The number of ether oxygens (including phenoxy) is 3. The number of carbonyl (C=O) groups excluding carboxylic acids is 1. The van der Waals surface area contributed by atoms with Crippen molar-refractivity contribution in [2.45, 2.75) is 13.1 Å². The third-order valence-electron chi connectivity index (χ3n) is 4.92. The van der Waals surface area contributed by atoms with Gasteiger partial charge in [0.15, 0.2) is 11.5 Å². The lowest BCUT2D eigenvalue weighted by molar-refractivity contribution is 0.0729. The van der Waals surface area contributed by atoms with Crippen LogP contribution < -0.4 is 14.2 Å². The van der Waals surface area contributed by atoms with Gasteiger partial charge in [-0.3, -0.25) is 4.79 Å². The molecule has 0 atom stereocenters. The van der Waals surface area contributed by atoms with Crippen LogP contribution in [0.1, 0.15) is 27.0 Å². The normalized spacial score (nSPS) is 10.2. The van der Waals surface area contributed by atoms with Gasteiger partial charge in [-0.05, 0) is 47.5 Å². The first kappa shape index (κ1) is 22.6. The Bertz CT molecular complexity index is 1110. The van der Waals surface area contributed by atoms with E-state index in [0.29, 0.717) is 33.9 Å². The molecule has 3 rings (SSSR count). The molecule has 0 heterocycles. The zero-order chi connectivity index (χ0) is 23.1. The number of nitrogens with zero attached hydrogens (tertiary/aromatic N) is 2. The predicted octanol–water partition coefficient (Wildman–Crippen LogP) is 4.57. The maximum atomic E-state index is 13.8. The molecular weight excluding hydrogens is 411 g/mol. The fraction of sp³-hybridized carbons (Fsp3) is 0.200. The molecule has 0 saturated heterocycles. The van der Waals surface area contributed by atoms with E-state index in [1.807, 2.05) is 0 Å². The molecule has 0 aliphatic carbocycles. The number of carbonyl (C=O) groups is 1. The molecule has 7 heteroatoms. The number of rotatable bonds is 8. The van der Waals surface area contributed by atoms with E-state index >= 15 is 0 Å². The molecule has 0 aliphatic heterocycles. The monoisotopic (exact) mass is 434 g/mol. The number of benzene rings is 3. The van der Waals surface area contributed by atoms with Crippen molar-refractivity contribution in [1.29, 1.82) is 5.26 Å². The van der Waals surface area contributed by atoms with Crippen LogP contribution in [0.4, 0.5) is 4.39 Å². The van der Waals surface area contributed by atoms with Crippen LogP contribution in [0, 0.1) is 17.1 Å². The Morgan fingerprint density at radius 2 is 1.53 bits per heavy atom. The molecule has 6 nitrogen and oxygen atoms in total. The van der Waals surface area contributed by atoms with Crippen LogP contribution in [0.2, 0.25) is 0 Å². The highest BCUT2D eigenvalue weighted by molar-refractivity contribution is 5.95. The minimum absolute atomic E-state index is 0.188. The Balaban J connectivity index is 1.99. The second kappa shape index (κ2) is 10.3. The minimum Gasteiger partial charge on any atom is -0.493 e. The smallest absolute Gasteiger partial charge is 0.254 e. The molecule has 0 N–H and O–H groups in total. The zero-order valence-electron chi connectivity index (χ0n) is 18.1. The number of nitriles is 1. The van der Waals surface area contributed by atoms with Crippen molar-refractivity contribution in [2.75, 3.05) is 21.3 Å². The van der Waals surface area contributed by atoms with Crippen LogP contribution in [0.15, 0.2) is 60.7 Å². The van der Waals surface area contributed by atoms with Gasteiger partial charge in [0.1, 0.15) is 5.82 Å². The molecule has 0 radical (unpaired) electrons. The third kappa shape index (κ3) is 5.16. The lowest BCUT2D eigenvalue weighted by atomic mass is 10.1. The molecule has 3 aromatic rings. The van der Waals surface area contributed by atoms with Gasteiger partial charge >= 0.3 is 0 Å². The molecule has 0 aromatic heterocycles. The Labute approximate surface area is 186 Å². The van der Waals surface area contributed by atoms with Crippen LogP contribution in [0.5, 0.6) is 17.2 Å². The van der Waals surface area contributed by atoms with Crippen molar-refractivity contribution in [3.63, 3.8) is 0 Å². The SMILES string of the molecule is COc1cc(C(=O)N(Cc2ccc(C#N)cc2)Cc2cccc(F)c2)cc(OC)c1OC. The van der Waals surface area contributed by atoms with Crippen molar-refractivity contribution < 1.29 is 23.4 Å². The molecule has 0 saturated carbocycles. The van der Waals surface area contributed by atoms with Gasteiger partial charge in [-0.25, -0.2) is 4.39 Å². The van der Waals surface area contributed by atoms with Crippen LogP contribution in [-0.4, -0.2) is 32.1 Å². The lowest BCUT2D eigenvalue weighted by Crippen LogP contribution is -2.30. The van der Waals surface area contributed by atoms with E-state index < -0.39 is 0 Å². The highest BCUT2D eigenvalue weighted by Crippen LogP contribution is 2.38. The molecule has 32 heavy (non-hydrogen) atoms. The first-order valence-electron chi connectivity index (χ1n) is 9.81. The van der Waals surface area contributed by atoms with Crippen molar-refractivity contribution in [3.8, 4) is 23.3 Å². The van der Waals surface area contributed by atoms with Gasteiger partial charge in [0.05, 0.1) is 33.0 Å². The van der Waals surface area contributed by atoms with Crippen molar-refractivity contribution in [2.24, 2.45) is 0 Å². The van der Waals surface area contributed by atoms with Gasteiger partial charge in [0, 0.05) is 18.7 Å². The molecule has 0 spiro atoms. The topological polar surface area (TPSA) is 71.8 Å². The number of methoxy groups -OCH3 is 3. The highest BCUT2D eigenvalue weighted by Gasteiger charge is 2.22. The third-order valence-corrected chi connectivity index (χ3v) is 4.92. The van der Waals surface area contributed by atoms with E-state index in [2.05, 4.69) is 6.07 Å². The van der Waals surface area contributed by atoms with Gasteiger partial charge in [-0.1, -0.05) is 24.3 Å².